The number of benzene rings is 3. The van der Waals surface area contributed by atoms with Gasteiger partial charge in [0.05, 0.1) is 22.3 Å². The van der Waals surface area contributed by atoms with Gasteiger partial charge in [-0.15, -0.1) is 0 Å². The molecule has 192 valence electrons. The molecule has 0 saturated heterocycles. The van der Waals surface area contributed by atoms with E-state index in [1.807, 2.05) is 42.5 Å². The molecular formula is C31H26F3N3O. The molecule has 4 nitrogen and oxygen atoms in total. The van der Waals surface area contributed by atoms with Crippen LogP contribution in [0.4, 0.5) is 13.2 Å². The summed E-state index contributed by atoms with van der Waals surface area (Å²) in [7, 11) is 0. The number of imidazole rings is 1. The average Bonchev–Trinajstić information content (AvgIpc) is 3.45. The summed E-state index contributed by atoms with van der Waals surface area (Å²) in [4.78, 5) is 8.70. The number of fused-ring (bicyclic) bond motifs is 4. The average molecular weight is 514 g/mol. The first-order valence-electron chi connectivity index (χ1n) is 12.6. The van der Waals surface area contributed by atoms with Crippen LogP contribution in [0.1, 0.15) is 56.4 Å². The molecule has 0 aliphatic carbocycles. The summed E-state index contributed by atoms with van der Waals surface area (Å²) in [6.45, 7) is 8.69. The van der Waals surface area contributed by atoms with E-state index in [1.54, 1.807) is 0 Å². The van der Waals surface area contributed by atoms with Gasteiger partial charge in [-0.3, -0.25) is 9.55 Å². The Balaban J connectivity index is 1.71. The summed E-state index contributed by atoms with van der Waals surface area (Å²) in [5.74, 6) is 1.19. The van der Waals surface area contributed by atoms with E-state index in [1.165, 1.54) is 17.3 Å². The number of halogens is 3. The van der Waals surface area contributed by atoms with Crippen LogP contribution in [0.3, 0.4) is 0 Å². The van der Waals surface area contributed by atoms with Gasteiger partial charge in [-0.05, 0) is 41.2 Å². The van der Waals surface area contributed by atoms with Crippen molar-refractivity contribution in [2.45, 2.75) is 45.7 Å². The molecule has 0 N–H and O–H groups in total. The molecule has 0 aliphatic heterocycles. The van der Waals surface area contributed by atoms with Gasteiger partial charge in [-0.2, -0.15) is 13.2 Å². The molecule has 6 rings (SSSR count). The molecule has 0 unspecified atom stereocenters. The summed E-state index contributed by atoms with van der Waals surface area (Å²) in [6.07, 6.45) is -3.32. The highest BCUT2D eigenvalue weighted by Crippen LogP contribution is 2.41. The lowest BCUT2D eigenvalue weighted by atomic mass is 9.92. The largest absolute Gasteiger partial charge is 0.455 e. The third-order valence-corrected chi connectivity index (χ3v) is 7.04. The predicted molar refractivity (Wildman–Crippen MR) is 145 cm³/mol. The summed E-state index contributed by atoms with van der Waals surface area (Å²) in [6, 6.07) is 21.0. The second kappa shape index (κ2) is 8.72. The van der Waals surface area contributed by atoms with E-state index in [9.17, 15) is 13.2 Å². The molecule has 3 aromatic heterocycles. The van der Waals surface area contributed by atoms with E-state index in [0.717, 1.165) is 22.8 Å². The van der Waals surface area contributed by atoms with Crippen molar-refractivity contribution in [3.8, 4) is 17.1 Å². The Labute approximate surface area is 217 Å². The Kier molecular flexibility index (Phi) is 5.56. The zero-order valence-corrected chi connectivity index (χ0v) is 21.5. The number of para-hydroxylation sites is 4. The SMILES string of the molecule is CC(C)c1cccc(C(C)C)c1-n1c(-c2cccc3c2oc2cc(C(F)(F)F)ncc23)nc2ccccc21. The maximum atomic E-state index is 13.4. The molecule has 3 heterocycles. The van der Waals surface area contributed by atoms with Crippen molar-refractivity contribution >= 4 is 33.0 Å². The molecule has 0 spiro atoms. The van der Waals surface area contributed by atoms with Crippen LogP contribution in [-0.2, 0) is 6.18 Å². The van der Waals surface area contributed by atoms with Crippen LogP contribution < -0.4 is 0 Å². The molecule has 0 atom stereocenters. The minimum atomic E-state index is -4.56. The van der Waals surface area contributed by atoms with Gasteiger partial charge in [0.1, 0.15) is 22.7 Å². The molecule has 0 radical (unpaired) electrons. The Morgan fingerprint density at radius 3 is 2.18 bits per heavy atom. The highest BCUT2D eigenvalue weighted by atomic mass is 19.4. The van der Waals surface area contributed by atoms with Crippen molar-refractivity contribution in [2.75, 3.05) is 0 Å². The van der Waals surface area contributed by atoms with Crippen LogP contribution in [0.2, 0.25) is 0 Å². The molecule has 0 bridgehead atoms. The Morgan fingerprint density at radius 1 is 0.816 bits per heavy atom. The van der Waals surface area contributed by atoms with Gasteiger partial charge in [0.15, 0.2) is 0 Å². The maximum Gasteiger partial charge on any atom is 0.433 e. The van der Waals surface area contributed by atoms with Gasteiger partial charge < -0.3 is 4.42 Å². The van der Waals surface area contributed by atoms with Crippen molar-refractivity contribution in [3.63, 3.8) is 0 Å². The van der Waals surface area contributed by atoms with E-state index in [2.05, 4.69) is 55.4 Å². The normalized spacial score (nSPS) is 12.6. The Morgan fingerprint density at radius 2 is 1.50 bits per heavy atom. The van der Waals surface area contributed by atoms with Crippen LogP contribution in [0.5, 0.6) is 0 Å². The Hall–Kier alpha value is -4.13. The highest BCUT2D eigenvalue weighted by molar-refractivity contribution is 6.09. The van der Waals surface area contributed by atoms with Crippen LogP contribution >= 0.6 is 0 Å². The third kappa shape index (κ3) is 3.76. The molecule has 0 saturated carbocycles. The highest BCUT2D eigenvalue weighted by Gasteiger charge is 2.33. The van der Waals surface area contributed by atoms with E-state index in [-0.39, 0.29) is 17.4 Å². The molecule has 3 aromatic carbocycles. The van der Waals surface area contributed by atoms with Crippen molar-refractivity contribution in [2.24, 2.45) is 0 Å². The zero-order valence-electron chi connectivity index (χ0n) is 21.5. The molecular weight excluding hydrogens is 487 g/mol. The van der Waals surface area contributed by atoms with Gasteiger partial charge in [0.25, 0.3) is 0 Å². The summed E-state index contributed by atoms with van der Waals surface area (Å²) in [5.41, 5.74) is 5.58. The smallest absolute Gasteiger partial charge is 0.433 e. The first-order valence-corrected chi connectivity index (χ1v) is 12.6. The van der Waals surface area contributed by atoms with Gasteiger partial charge >= 0.3 is 6.18 Å². The van der Waals surface area contributed by atoms with Crippen molar-refractivity contribution in [3.05, 3.63) is 89.7 Å². The minimum Gasteiger partial charge on any atom is -0.455 e. The van der Waals surface area contributed by atoms with Gasteiger partial charge in [-0.25, -0.2) is 4.98 Å². The number of rotatable bonds is 4. The van der Waals surface area contributed by atoms with E-state index >= 15 is 0 Å². The maximum absolute atomic E-state index is 13.4. The molecule has 38 heavy (non-hydrogen) atoms. The van der Waals surface area contributed by atoms with Gasteiger partial charge in [0.2, 0.25) is 0 Å². The zero-order chi connectivity index (χ0) is 26.8. The predicted octanol–water partition coefficient (Wildman–Crippen LogP) is 9.25. The van der Waals surface area contributed by atoms with E-state index < -0.39 is 11.9 Å². The van der Waals surface area contributed by atoms with Crippen molar-refractivity contribution in [1.29, 1.82) is 0 Å². The second-order valence-electron chi connectivity index (χ2n) is 10.2. The molecule has 7 heteroatoms. The molecule has 0 fully saturated rings. The van der Waals surface area contributed by atoms with Crippen molar-refractivity contribution in [1.82, 2.24) is 14.5 Å². The molecule has 0 aliphatic rings. The van der Waals surface area contributed by atoms with Crippen LogP contribution in [0.15, 0.2) is 77.3 Å². The second-order valence-corrected chi connectivity index (χ2v) is 10.2. The van der Waals surface area contributed by atoms with Crippen LogP contribution in [0.25, 0.3) is 50.0 Å². The number of furan rings is 1. The standard InChI is InChI=1S/C31H26F3N3O/c1-17(2)19-9-7-10-20(18(3)4)28(19)37-25-14-6-5-13-24(25)36-30(37)22-12-8-11-21-23-16-35-27(31(32,33)34)15-26(23)38-29(21)22/h5-18H,1-4H3. The van der Waals surface area contributed by atoms with Crippen molar-refractivity contribution < 1.29 is 17.6 Å². The minimum absolute atomic E-state index is 0.142. The fourth-order valence-corrected chi connectivity index (χ4v) is 5.23. The summed E-state index contributed by atoms with van der Waals surface area (Å²) < 4.78 is 48.4. The van der Waals surface area contributed by atoms with E-state index in [4.69, 9.17) is 9.40 Å². The number of alkyl halides is 3. The van der Waals surface area contributed by atoms with Gasteiger partial charge in [-0.1, -0.05) is 70.2 Å². The number of nitrogens with zero attached hydrogens (tertiary/aromatic N) is 3. The lowest BCUT2D eigenvalue weighted by Crippen LogP contribution is -2.08. The summed E-state index contributed by atoms with van der Waals surface area (Å²) >= 11 is 0. The lowest BCUT2D eigenvalue weighted by molar-refractivity contribution is -0.141. The quantitative estimate of drug-likeness (QED) is 0.236. The monoisotopic (exact) mass is 513 g/mol. The Bertz CT molecular complexity index is 1800. The molecule has 6 aromatic rings. The fraction of sp³-hybridized carbons (Fsp3) is 0.226. The van der Waals surface area contributed by atoms with Crippen LogP contribution in [-0.4, -0.2) is 14.5 Å². The third-order valence-electron chi connectivity index (χ3n) is 7.04. The first-order chi connectivity index (χ1) is 18.1. The van der Waals surface area contributed by atoms with Gasteiger partial charge in [0, 0.05) is 23.0 Å². The number of pyridine rings is 1. The molecule has 0 amide bonds. The number of hydrogen-bond acceptors (Lipinski definition) is 3. The first kappa shape index (κ1) is 24.2. The number of hydrogen-bond donors (Lipinski definition) is 0. The van der Waals surface area contributed by atoms with E-state index in [0.29, 0.717) is 27.7 Å². The number of aromatic nitrogens is 3. The summed E-state index contributed by atoms with van der Waals surface area (Å²) in [5, 5.41) is 1.22. The lowest BCUT2D eigenvalue weighted by Gasteiger charge is -2.22. The fourth-order valence-electron chi connectivity index (χ4n) is 5.23. The van der Waals surface area contributed by atoms with Crippen LogP contribution in [0, 0.1) is 0 Å². The topological polar surface area (TPSA) is 43.9 Å².